The number of nitrogens with zero attached hydrogens (tertiary/aromatic N) is 1. The van der Waals surface area contributed by atoms with Gasteiger partial charge in [-0.1, -0.05) is 68.0 Å². The second-order valence-corrected chi connectivity index (χ2v) is 9.03. The predicted octanol–water partition coefficient (Wildman–Crippen LogP) is 5.08. The van der Waals surface area contributed by atoms with Gasteiger partial charge in [-0.05, 0) is 48.9 Å². The van der Waals surface area contributed by atoms with Gasteiger partial charge in [0.1, 0.15) is 0 Å². The van der Waals surface area contributed by atoms with Gasteiger partial charge in [0.05, 0.1) is 23.2 Å². The normalized spacial score (nSPS) is 17.6. The molecule has 0 saturated carbocycles. The molecule has 1 aromatic carbocycles. The number of hydrogen-bond acceptors (Lipinski definition) is 4. The van der Waals surface area contributed by atoms with Gasteiger partial charge in [-0.25, -0.2) is 0 Å². The van der Waals surface area contributed by atoms with Crippen LogP contribution < -0.4 is 11.1 Å². The number of pyridine rings is 1. The Morgan fingerprint density at radius 2 is 1.72 bits per heavy atom. The molecule has 0 radical (unpaired) electrons. The molecule has 0 saturated heterocycles. The van der Waals surface area contributed by atoms with E-state index in [4.69, 9.17) is 22.3 Å². The minimum atomic E-state index is -0.702. The number of halogens is 1. The summed E-state index contributed by atoms with van der Waals surface area (Å²) in [5.41, 5.74) is 12.4. The van der Waals surface area contributed by atoms with E-state index < -0.39 is 17.1 Å². The summed E-state index contributed by atoms with van der Waals surface area (Å²) >= 11 is 5.76. The number of hydrogen-bond donors (Lipinski definition) is 2. The number of benzene rings is 1. The minimum absolute atomic E-state index is 0.302. The van der Waals surface area contributed by atoms with Gasteiger partial charge in [0.15, 0.2) is 0 Å². The average Bonchev–Trinajstić information content (AvgIpc) is 2.75. The first-order valence-corrected chi connectivity index (χ1v) is 11.2. The van der Waals surface area contributed by atoms with E-state index in [0.717, 1.165) is 34.4 Å². The van der Waals surface area contributed by atoms with E-state index in [0.29, 0.717) is 23.8 Å². The van der Waals surface area contributed by atoms with Crippen molar-refractivity contribution in [3.05, 3.63) is 71.1 Å². The Balaban J connectivity index is 2.13. The molecule has 1 aliphatic rings. The molecule has 1 aromatic heterocycles. The molecule has 2 unspecified atom stereocenters. The maximum atomic E-state index is 13.3. The fourth-order valence-corrected chi connectivity index (χ4v) is 4.26. The fourth-order valence-electron chi connectivity index (χ4n) is 4.05. The number of aromatic nitrogens is 1. The first-order valence-electron chi connectivity index (χ1n) is 10.9. The highest BCUT2D eigenvalue weighted by atomic mass is 35.5. The number of aryl methyl sites for hydroxylation is 2. The molecular formula is C26H30ClN3O2. The number of carbonyl (C=O) groups excluding carboxylic acids is 2. The lowest BCUT2D eigenvalue weighted by atomic mass is 9.88. The van der Waals surface area contributed by atoms with Gasteiger partial charge in [0.25, 0.3) is 0 Å². The van der Waals surface area contributed by atoms with E-state index in [2.05, 4.69) is 19.2 Å². The summed E-state index contributed by atoms with van der Waals surface area (Å²) < 4.78 is 0. The smallest absolute Gasteiger partial charge is 0.232 e. The Morgan fingerprint density at radius 3 is 2.28 bits per heavy atom. The summed E-state index contributed by atoms with van der Waals surface area (Å²) in [6.45, 7) is 8.51. The Kier molecular flexibility index (Phi) is 7.64. The number of carbonyl (C=O) groups is 2. The van der Waals surface area contributed by atoms with Crippen molar-refractivity contribution in [2.75, 3.05) is 5.32 Å². The first kappa shape index (κ1) is 23.9. The van der Waals surface area contributed by atoms with Crippen LogP contribution in [-0.4, -0.2) is 16.1 Å². The van der Waals surface area contributed by atoms with Gasteiger partial charge in [-0.15, -0.1) is 0 Å². The summed E-state index contributed by atoms with van der Waals surface area (Å²) in [5, 5.41) is 2.49. The van der Waals surface area contributed by atoms with Crippen LogP contribution in [0.25, 0.3) is 11.1 Å². The third kappa shape index (κ3) is 5.17. The van der Waals surface area contributed by atoms with Gasteiger partial charge in [0.2, 0.25) is 11.1 Å². The summed E-state index contributed by atoms with van der Waals surface area (Å²) in [6, 6.07) is 8.14. The zero-order chi connectivity index (χ0) is 23.4. The van der Waals surface area contributed by atoms with Gasteiger partial charge >= 0.3 is 0 Å². The molecule has 32 heavy (non-hydrogen) atoms. The number of amides is 1. The van der Waals surface area contributed by atoms with Crippen molar-refractivity contribution in [1.82, 2.24) is 4.98 Å². The Morgan fingerprint density at radius 1 is 1.09 bits per heavy atom. The van der Waals surface area contributed by atoms with E-state index in [1.54, 1.807) is 24.3 Å². The van der Waals surface area contributed by atoms with Crippen LogP contribution in [0.4, 0.5) is 5.69 Å². The predicted molar refractivity (Wildman–Crippen MR) is 130 cm³/mol. The molecule has 2 aromatic rings. The van der Waals surface area contributed by atoms with Crippen molar-refractivity contribution < 1.29 is 9.59 Å². The molecule has 168 valence electrons. The van der Waals surface area contributed by atoms with Crippen LogP contribution in [0.1, 0.15) is 36.4 Å². The number of allylic oxidation sites excluding steroid dienone is 3. The van der Waals surface area contributed by atoms with E-state index in [9.17, 15) is 9.59 Å². The monoisotopic (exact) mass is 451 g/mol. The third-order valence-corrected chi connectivity index (χ3v) is 5.91. The molecule has 0 spiro atoms. The fraction of sp³-hybridized carbons (Fsp3) is 0.346. The van der Waals surface area contributed by atoms with Crippen LogP contribution in [0.5, 0.6) is 0 Å². The molecule has 0 aliphatic heterocycles. The molecule has 6 heteroatoms. The summed E-state index contributed by atoms with van der Waals surface area (Å²) in [7, 11) is 0. The van der Waals surface area contributed by atoms with Crippen molar-refractivity contribution in [3.63, 3.8) is 0 Å². The van der Waals surface area contributed by atoms with Crippen LogP contribution in [0, 0.1) is 31.6 Å². The molecule has 2 atom stereocenters. The maximum absolute atomic E-state index is 13.3. The molecule has 1 heterocycles. The number of nitrogens with one attached hydrogen (secondary N) is 1. The summed E-state index contributed by atoms with van der Waals surface area (Å²) in [4.78, 5) is 30.0. The first-order chi connectivity index (χ1) is 15.2. The van der Waals surface area contributed by atoms with Gasteiger partial charge in [0, 0.05) is 17.8 Å². The topological polar surface area (TPSA) is 85.1 Å². The lowest BCUT2D eigenvalue weighted by molar-refractivity contribution is -0.124. The van der Waals surface area contributed by atoms with Crippen molar-refractivity contribution in [1.29, 1.82) is 0 Å². The zero-order valence-corrected chi connectivity index (χ0v) is 19.7. The van der Waals surface area contributed by atoms with E-state index >= 15 is 0 Å². The molecule has 3 N–H and O–H groups in total. The third-order valence-electron chi connectivity index (χ3n) is 5.66. The van der Waals surface area contributed by atoms with Crippen molar-refractivity contribution >= 4 is 28.4 Å². The van der Waals surface area contributed by atoms with Gasteiger partial charge in [-0.2, -0.15) is 0 Å². The molecule has 3 rings (SSSR count). The number of rotatable bonds is 7. The second-order valence-electron chi connectivity index (χ2n) is 8.66. The van der Waals surface area contributed by atoms with E-state index in [1.165, 1.54) is 0 Å². The second kappa shape index (κ2) is 10.2. The number of nitrogens with two attached hydrogens (primary N) is 1. The summed E-state index contributed by atoms with van der Waals surface area (Å²) in [6.07, 6.45) is 7.63. The van der Waals surface area contributed by atoms with Gasteiger partial charge < -0.3 is 11.1 Å². The minimum Gasteiger partial charge on any atom is -0.326 e. The molecule has 1 aliphatic carbocycles. The van der Waals surface area contributed by atoms with Crippen LogP contribution in [-0.2, 0) is 22.6 Å². The average molecular weight is 452 g/mol. The molecule has 5 nitrogen and oxygen atoms in total. The van der Waals surface area contributed by atoms with Crippen molar-refractivity contribution in [2.24, 2.45) is 23.5 Å². The van der Waals surface area contributed by atoms with Crippen LogP contribution >= 0.6 is 11.6 Å². The molecule has 0 bridgehead atoms. The van der Waals surface area contributed by atoms with Crippen LogP contribution in [0.2, 0.25) is 0 Å². The molecular weight excluding hydrogens is 422 g/mol. The zero-order valence-electron chi connectivity index (χ0n) is 19.0. The van der Waals surface area contributed by atoms with Gasteiger partial charge in [-0.3, -0.25) is 14.6 Å². The quantitative estimate of drug-likeness (QED) is 0.574. The van der Waals surface area contributed by atoms with Crippen molar-refractivity contribution in [2.45, 2.75) is 40.7 Å². The summed E-state index contributed by atoms with van der Waals surface area (Å²) in [5.74, 6) is -1.28. The largest absolute Gasteiger partial charge is 0.326 e. The van der Waals surface area contributed by atoms with Crippen molar-refractivity contribution in [3.8, 4) is 11.1 Å². The Bertz CT molecular complexity index is 1070. The highest BCUT2D eigenvalue weighted by molar-refractivity contribution is 6.64. The highest BCUT2D eigenvalue weighted by Crippen LogP contribution is 2.37. The Labute approximate surface area is 194 Å². The van der Waals surface area contributed by atoms with Crippen LogP contribution in [0.3, 0.4) is 0 Å². The molecule has 1 amide bonds. The Hall–Kier alpha value is -2.76. The molecule has 0 fully saturated rings. The highest BCUT2D eigenvalue weighted by Gasteiger charge is 2.31. The SMILES string of the molecule is Cc1ccc(-c2c(CN)c(CC(C)C)nc(C)c2NC(=O)C2C=CC=CC2C(=O)Cl)cc1. The number of anilines is 1. The van der Waals surface area contributed by atoms with E-state index in [-0.39, 0.29) is 5.91 Å². The lowest BCUT2D eigenvalue weighted by Gasteiger charge is -2.24. The van der Waals surface area contributed by atoms with E-state index in [1.807, 2.05) is 38.1 Å². The lowest BCUT2D eigenvalue weighted by Crippen LogP contribution is -2.31. The van der Waals surface area contributed by atoms with Crippen LogP contribution in [0.15, 0.2) is 48.6 Å². The standard InChI is InChI=1S/C26H30ClN3O2/c1-15(2)13-22-21(14-28)23(18-11-9-16(3)10-12-18)24(17(4)29-22)30-26(32)20-8-6-5-7-19(20)25(27)31/h5-12,15,19-20H,13-14,28H2,1-4H3,(H,30,32). The maximum Gasteiger partial charge on any atom is 0.232 e.